The number of anilines is 1. The molecule has 1 aliphatic carbocycles. The summed E-state index contributed by atoms with van der Waals surface area (Å²) in [5.74, 6) is -0.247. The van der Waals surface area contributed by atoms with Gasteiger partial charge in [-0.2, -0.15) is 0 Å². The highest BCUT2D eigenvalue weighted by molar-refractivity contribution is 5.97. The van der Waals surface area contributed by atoms with Crippen molar-refractivity contribution in [1.82, 2.24) is 0 Å². The number of benzene rings is 2. The van der Waals surface area contributed by atoms with E-state index in [1.54, 1.807) is 6.07 Å². The van der Waals surface area contributed by atoms with Crippen LogP contribution in [0.4, 0.5) is 10.1 Å². The molecule has 0 bridgehead atoms. The summed E-state index contributed by atoms with van der Waals surface area (Å²) in [7, 11) is 0. The van der Waals surface area contributed by atoms with Gasteiger partial charge in [-0.25, -0.2) is 4.39 Å². The summed E-state index contributed by atoms with van der Waals surface area (Å²) in [4.78, 5) is 12.6. The average Bonchev–Trinajstić information content (AvgIpc) is 3.06. The zero-order chi connectivity index (χ0) is 15.9. The Labute approximate surface area is 130 Å². The molecule has 1 fully saturated rings. The van der Waals surface area contributed by atoms with E-state index in [9.17, 15) is 9.18 Å². The first kappa shape index (κ1) is 14.8. The van der Waals surface area contributed by atoms with E-state index in [0.29, 0.717) is 5.69 Å². The Hall–Kier alpha value is -2.16. The molecular weight excluding hydrogens is 277 g/mol. The lowest BCUT2D eigenvalue weighted by Crippen LogP contribution is -2.17. The lowest BCUT2D eigenvalue weighted by Gasteiger charge is -2.09. The van der Waals surface area contributed by atoms with Gasteiger partial charge in [-0.3, -0.25) is 4.79 Å². The van der Waals surface area contributed by atoms with Crippen LogP contribution >= 0.6 is 0 Å². The van der Waals surface area contributed by atoms with Crippen molar-refractivity contribution in [3.05, 3.63) is 65.5 Å². The number of nitrogens with one attached hydrogen (secondary N) is 1. The molecule has 114 valence electrons. The van der Waals surface area contributed by atoms with Crippen molar-refractivity contribution < 1.29 is 9.18 Å². The highest BCUT2D eigenvalue weighted by Crippen LogP contribution is 2.64. The number of amides is 1. The maximum Gasteiger partial charge on any atom is 0.228 e. The number of rotatable bonds is 3. The summed E-state index contributed by atoms with van der Waals surface area (Å²) in [6, 6.07) is 14.5. The van der Waals surface area contributed by atoms with Crippen molar-refractivity contribution in [2.45, 2.75) is 26.7 Å². The topological polar surface area (TPSA) is 29.1 Å². The van der Waals surface area contributed by atoms with Gasteiger partial charge in [-0.15, -0.1) is 0 Å². The molecule has 0 unspecified atom stereocenters. The number of carbonyl (C=O) groups is 1. The second kappa shape index (κ2) is 5.24. The first-order valence-corrected chi connectivity index (χ1v) is 7.53. The summed E-state index contributed by atoms with van der Waals surface area (Å²) in [5, 5.41) is 2.89. The fourth-order valence-electron chi connectivity index (χ4n) is 3.35. The van der Waals surface area contributed by atoms with Crippen LogP contribution in [0, 0.1) is 24.1 Å². The molecule has 0 aromatic heterocycles. The predicted octanol–water partition coefficient (Wildman–Crippen LogP) is 4.51. The summed E-state index contributed by atoms with van der Waals surface area (Å²) in [5.41, 5.74) is 2.53. The first-order chi connectivity index (χ1) is 10.4. The number of hydrogen-bond donors (Lipinski definition) is 1. The van der Waals surface area contributed by atoms with E-state index in [1.165, 1.54) is 17.7 Å². The summed E-state index contributed by atoms with van der Waals surface area (Å²) in [6.45, 7) is 6.07. The Morgan fingerprint density at radius 2 is 1.82 bits per heavy atom. The molecule has 1 N–H and O–H groups in total. The Kier molecular flexibility index (Phi) is 3.51. The summed E-state index contributed by atoms with van der Waals surface area (Å²) < 4.78 is 13.4. The summed E-state index contributed by atoms with van der Waals surface area (Å²) in [6.07, 6.45) is 0. The molecule has 1 amide bonds. The van der Waals surface area contributed by atoms with E-state index in [1.807, 2.05) is 25.1 Å². The van der Waals surface area contributed by atoms with Crippen LogP contribution < -0.4 is 5.32 Å². The SMILES string of the molecule is Cc1ccc(F)cc1NC(=O)[C@@H]1[C@@H](c2ccccc2)C1(C)C. The van der Waals surface area contributed by atoms with Crippen LogP contribution in [-0.4, -0.2) is 5.91 Å². The maximum absolute atomic E-state index is 13.4. The lowest BCUT2D eigenvalue weighted by molar-refractivity contribution is -0.118. The lowest BCUT2D eigenvalue weighted by atomic mass is 10.0. The van der Waals surface area contributed by atoms with Crippen LogP contribution in [0.3, 0.4) is 0 Å². The quantitative estimate of drug-likeness (QED) is 0.887. The minimum absolute atomic E-state index is 0.0347. The van der Waals surface area contributed by atoms with Crippen molar-refractivity contribution in [3.63, 3.8) is 0 Å². The Balaban J connectivity index is 1.80. The van der Waals surface area contributed by atoms with E-state index in [0.717, 1.165) is 5.56 Å². The van der Waals surface area contributed by atoms with Crippen molar-refractivity contribution in [2.75, 3.05) is 5.32 Å². The third-order valence-corrected chi connectivity index (χ3v) is 4.73. The summed E-state index contributed by atoms with van der Waals surface area (Å²) >= 11 is 0. The standard InChI is InChI=1S/C19H20FNO/c1-12-9-10-14(20)11-15(12)21-18(22)17-16(19(17,2)3)13-7-5-4-6-8-13/h4-11,16-17H,1-3H3,(H,21,22)/t16-,17+/m1/s1. The van der Waals surface area contributed by atoms with Crippen LogP contribution in [0.5, 0.6) is 0 Å². The van der Waals surface area contributed by atoms with Gasteiger partial charge in [0.25, 0.3) is 0 Å². The molecule has 22 heavy (non-hydrogen) atoms. The second-order valence-electron chi connectivity index (χ2n) is 6.64. The second-order valence-corrected chi connectivity index (χ2v) is 6.64. The van der Waals surface area contributed by atoms with Crippen molar-refractivity contribution in [1.29, 1.82) is 0 Å². The molecule has 0 spiro atoms. The normalized spacial score (nSPS) is 22.2. The van der Waals surface area contributed by atoms with Crippen LogP contribution in [0.1, 0.15) is 30.9 Å². The highest BCUT2D eigenvalue weighted by Gasteiger charge is 2.62. The molecule has 3 rings (SSSR count). The van der Waals surface area contributed by atoms with E-state index < -0.39 is 0 Å². The molecule has 2 nitrogen and oxygen atoms in total. The van der Waals surface area contributed by atoms with Crippen LogP contribution in [-0.2, 0) is 4.79 Å². The van der Waals surface area contributed by atoms with Gasteiger partial charge in [0.05, 0.1) is 5.92 Å². The number of aryl methyl sites for hydroxylation is 1. The maximum atomic E-state index is 13.4. The monoisotopic (exact) mass is 297 g/mol. The average molecular weight is 297 g/mol. The van der Waals surface area contributed by atoms with Gasteiger partial charge >= 0.3 is 0 Å². The van der Waals surface area contributed by atoms with E-state index >= 15 is 0 Å². The van der Waals surface area contributed by atoms with E-state index in [-0.39, 0.29) is 29.0 Å². The van der Waals surface area contributed by atoms with Gasteiger partial charge in [0.15, 0.2) is 0 Å². The predicted molar refractivity (Wildman–Crippen MR) is 86.2 cm³/mol. The zero-order valence-corrected chi connectivity index (χ0v) is 13.1. The Morgan fingerprint density at radius 1 is 1.14 bits per heavy atom. The van der Waals surface area contributed by atoms with Gasteiger partial charge in [0.1, 0.15) is 5.82 Å². The van der Waals surface area contributed by atoms with E-state index in [2.05, 4.69) is 31.3 Å². The van der Waals surface area contributed by atoms with Gasteiger partial charge < -0.3 is 5.32 Å². The van der Waals surface area contributed by atoms with Crippen LogP contribution in [0.25, 0.3) is 0 Å². The Morgan fingerprint density at radius 3 is 2.50 bits per heavy atom. The molecular formula is C19H20FNO. The van der Waals surface area contributed by atoms with E-state index in [4.69, 9.17) is 0 Å². The van der Waals surface area contributed by atoms with Crippen LogP contribution in [0.2, 0.25) is 0 Å². The van der Waals surface area contributed by atoms with Crippen LogP contribution in [0.15, 0.2) is 48.5 Å². The molecule has 1 saturated carbocycles. The van der Waals surface area contributed by atoms with Crippen molar-refractivity contribution in [2.24, 2.45) is 11.3 Å². The fourth-order valence-corrected chi connectivity index (χ4v) is 3.35. The zero-order valence-electron chi connectivity index (χ0n) is 13.1. The molecule has 0 radical (unpaired) electrons. The molecule has 2 aromatic carbocycles. The minimum atomic E-state index is -0.337. The number of halogens is 1. The Bertz CT molecular complexity index is 709. The fraction of sp³-hybridized carbons (Fsp3) is 0.316. The molecule has 3 heteroatoms. The first-order valence-electron chi connectivity index (χ1n) is 7.53. The van der Waals surface area contributed by atoms with Crippen molar-refractivity contribution >= 4 is 11.6 Å². The van der Waals surface area contributed by atoms with Gasteiger partial charge in [-0.05, 0) is 35.6 Å². The van der Waals surface area contributed by atoms with Gasteiger partial charge in [-0.1, -0.05) is 50.2 Å². The molecule has 2 atom stereocenters. The number of carbonyl (C=O) groups excluding carboxylic acids is 1. The smallest absolute Gasteiger partial charge is 0.228 e. The third kappa shape index (κ3) is 2.52. The molecule has 0 heterocycles. The van der Waals surface area contributed by atoms with Gasteiger partial charge in [0, 0.05) is 11.6 Å². The minimum Gasteiger partial charge on any atom is -0.325 e. The third-order valence-electron chi connectivity index (χ3n) is 4.73. The molecule has 0 aliphatic heterocycles. The van der Waals surface area contributed by atoms with Crippen molar-refractivity contribution in [3.8, 4) is 0 Å². The van der Waals surface area contributed by atoms with Gasteiger partial charge in [0.2, 0.25) is 5.91 Å². The molecule has 2 aromatic rings. The molecule has 0 saturated heterocycles. The largest absolute Gasteiger partial charge is 0.325 e. The molecule has 1 aliphatic rings. The number of hydrogen-bond acceptors (Lipinski definition) is 1. The highest BCUT2D eigenvalue weighted by atomic mass is 19.1.